The van der Waals surface area contributed by atoms with E-state index in [0.29, 0.717) is 25.9 Å². The van der Waals surface area contributed by atoms with E-state index < -0.39 is 12.1 Å². The van der Waals surface area contributed by atoms with Crippen LogP contribution in [0.15, 0.2) is 36.5 Å². The van der Waals surface area contributed by atoms with Crippen molar-refractivity contribution in [2.75, 3.05) is 13.2 Å². The fourth-order valence-electron chi connectivity index (χ4n) is 9.61. The van der Waals surface area contributed by atoms with Gasteiger partial charge in [-0.3, -0.25) is 9.59 Å². The highest BCUT2D eigenvalue weighted by molar-refractivity contribution is 5.76. The molecule has 1 amide bonds. The van der Waals surface area contributed by atoms with E-state index in [1.807, 2.05) is 0 Å². The molecule has 0 spiro atoms. The molecule has 0 fully saturated rings. The van der Waals surface area contributed by atoms with Gasteiger partial charge in [-0.2, -0.15) is 0 Å². The summed E-state index contributed by atoms with van der Waals surface area (Å²) in [5.41, 5.74) is 0. The first-order chi connectivity index (χ1) is 34.5. The minimum absolute atomic E-state index is 0.00129. The molecule has 2 unspecified atom stereocenters. The van der Waals surface area contributed by atoms with Gasteiger partial charge in [0.15, 0.2) is 0 Å². The first-order valence-electron chi connectivity index (χ1n) is 31.2. The van der Waals surface area contributed by atoms with E-state index in [9.17, 15) is 19.8 Å². The van der Waals surface area contributed by atoms with Crippen LogP contribution in [0.1, 0.15) is 335 Å². The van der Waals surface area contributed by atoms with Gasteiger partial charge in [0, 0.05) is 12.8 Å². The summed E-state index contributed by atoms with van der Waals surface area (Å²) in [7, 11) is 0. The zero-order valence-corrected chi connectivity index (χ0v) is 47.0. The Morgan fingerprint density at radius 1 is 0.400 bits per heavy atom. The van der Waals surface area contributed by atoms with Crippen molar-refractivity contribution in [1.29, 1.82) is 0 Å². The van der Waals surface area contributed by atoms with Gasteiger partial charge < -0.3 is 20.3 Å². The molecule has 0 radical (unpaired) electrons. The fourth-order valence-corrected chi connectivity index (χ4v) is 9.61. The van der Waals surface area contributed by atoms with Gasteiger partial charge in [-0.15, -0.1) is 0 Å². The van der Waals surface area contributed by atoms with Gasteiger partial charge >= 0.3 is 5.97 Å². The zero-order valence-electron chi connectivity index (χ0n) is 47.0. The summed E-state index contributed by atoms with van der Waals surface area (Å²) < 4.78 is 5.47. The van der Waals surface area contributed by atoms with Crippen molar-refractivity contribution >= 4 is 11.9 Å². The Morgan fingerprint density at radius 3 is 1.11 bits per heavy atom. The number of hydrogen-bond donors (Lipinski definition) is 3. The molecule has 0 aliphatic rings. The fraction of sp³-hybridized carbons (Fsp3) is 0.875. The summed E-state index contributed by atoms with van der Waals surface area (Å²) in [5.74, 6) is -0.0362. The lowest BCUT2D eigenvalue weighted by molar-refractivity contribution is -0.143. The molecule has 0 aliphatic carbocycles. The van der Waals surface area contributed by atoms with E-state index in [1.165, 1.54) is 250 Å². The van der Waals surface area contributed by atoms with Crippen molar-refractivity contribution in [1.82, 2.24) is 5.32 Å². The molecule has 412 valence electrons. The molecule has 0 rings (SSSR count). The van der Waals surface area contributed by atoms with Gasteiger partial charge in [-0.05, 0) is 83.5 Å². The highest BCUT2D eigenvalue weighted by Crippen LogP contribution is 2.17. The molecule has 0 aromatic carbocycles. The van der Waals surface area contributed by atoms with E-state index in [0.717, 1.165) is 51.4 Å². The second-order valence-corrected chi connectivity index (χ2v) is 21.4. The van der Waals surface area contributed by atoms with Gasteiger partial charge in [-0.25, -0.2) is 0 Å². The smallest absolute Gasteiger partial charge is 0.305 e. The monoisotopic (exact) mass is 984 g/mol. The molecule has 0 aliphatic heterocycles. The average molecular weight is 985 g/mol. The first kappa shape index (κ1) is 68.1. The van der Waals surface area contributed by atoms with Crippen molar-refractivity contribution in [2.24, 2.45) is 0 Å². The predicted molar refractivity (Wildman–Crippen MR) is 306 cm³/mol. The van der Waals surface area contributed by atoms with E-state index in [-0.39, 0.29) is 18.5 Å². The Hall–Kier alpha value is -1.92. The van der Waals surface area contributed by atoms with Gasteiger partial charge in [-0.1, -0.05) is 275 Å². The topological polar surface area (TPSA) is 95.9 Å². The molecule has 0 aromatic rings. The van der Waals surface area contributed by atoms with Gasteiger partial charge in [0.2, 0.25) is 5.91 Å². The van der Waals surface area contributed by atoms with Gasteiger partial charge in [0.1, 0.15) is 0 Å². The van der Waals surface area contributed by atoms with Crippen molar-refractivity contribution in [2.45, 2.75) is 347 Å². The standard InChI is InChI=1S/C64H121NO5/c1-3-5-7-9-11-13-15-32-36-40-44-48-52-56-62(67)61(60-66)65-63(68)57-53-49-45-41-37-34-30-28-26-24-22-20-18-17-19-21-23-25-27-29-31-35-39-43-47-51-55-59-70-64(69)58-54-50-46-42-38-33-16-14-12-10-8-6-4-2/h14,16-18,21,23,61-62,66-67H,3-13,15,19-20,22,24-60H2,1-2H3,(H,65,68)/b16-14-,18-17-,23-21-. The van der Waals surface area contributed by atoms with Crippen LogP contribution in [0.2, 0.25) is 0 Å². The third-order valence-corrected chi connectivity index (χ3v) is 14.4. The highest BCUT2D eigenvalue weighted by atomic mass is 16.5. The van der Waals surface area contributed by atoms with Crippen LogP contribution >= 0.6 is 0 Å². The van der Waals surface area contributed by atoms with Crippen LogP contribution in [0.5, 0.6) is 0 Å². The maximum absolute atomic E-state index is 12.5. The lowest BCUT2D eigenvalue weighted by Crippen LogP contribution is -2.45. The normalized spacial score (nSPS) is 12.8. The van der Waals surface area contributed by atoms with Crippen LogP contribution in [-0.2, 0) is 14.3 Å². The molecule has 3 N–H and O–H groups in total. The number of aliphatic hydroxyl groups excluding tert-OH is 2. The van der Waals surface area contributed by atoms with Crippen LogP contribution in [0.3, 0.4) is 0 Å². The third-order valence-electron chi connectivity index (χ3n) is 14.4. The van der Waals surface area contributed by atoms with E-state index in [2.05, 4.69) is 55.6 Å². The van der Waals surface area contributed by atoms with Crippen molar-refractivity contribution in [3.63, 3.8) is 0 Å². The number of ether oxygens (including phenoxy) is 1. The quantitative estimate of drug-likeness (QED) is 0.0321. The predicted octanol–water partition coefficient (Wildman–Crippen LogP) is 19.6. The molecule has 0 saturated carbocycles. The SMILES string of the molecule is CCCCCC/C=C\CCCCCCCC(=O)OCCCCCCCCCCC/C=C\C/C=C\CCCCCCCCCCCCCC(=O)NC(CO)C(O)CCCCCCCCCCCCCCC. The first-order valence-corrected chi connectivity index (χ1v) is 31.2. The summed E-state index contributed by atoms with van der Waals surface area (Å²) in [5, 5.41) is 23.2. The molecule has 6 heteroatoms. The molecule has 0 bridgehead atoms. The largest absolute Gasteiger partial charge is 0.466 e. The maximum Gasteiger partial charge on any atom is 0.305 e. The zero-order chi connectivity index (χ0) is 50.7. The number of carbonyl (C=O) groups excluding carboxylic acids is 2. The highest BCUT2D eigenvalue weighted by Gasteiger charge is 2.20. The Balaban J connectivity index is 3.41. The van der Waals surface area contributed by atoms with Crippen LogP contribution in [-0.4, -0.2) is 47.4 Å². The number of hydrogen-bond acceptors (Lipinski definition) is 5. The Bertz CT molecular complexity index is 1130. The molecule has 2 atom stereocenters. The number of esters is 1. The number of rotatable bonds is 58. The van der Waals surface area contributed by atoms with Crippen molar-refractivity contribution in [3.8, 4) is 0 Å². The average Bonchev–Trinajstić information content (AvgIpc) is 3.36. The molecule has 0 aromatic heterocycles. The Kier molecular flexibility index (Phi) is 58.0. The lowest BCUT2D eigenvalue weighted by Gasteiger charge is -2.22. The number of aliphatic hydroxyl groups is 2. The molecular formula is C64H121NO5. The minimum atomic E-state index is -0.666. The molecular weight excluding hydrogens is 863 g/mol. The van der Waals surface area contributed by atoms with Crippen molar-refractivity contribution < 1.29 is 24.5 Å². The summed E-state index contributed by atoms with van der Waals surface area (Å²) in [6.07, 6.45) is 74.4. The Labute approximate surface area is 436 Å². The summed E-state index contributed by atoms with van der Waals surface area (Å²) in [4.78, 5) is 24.5. The minimum Gasteiger partial charge on any atom is -0.466 e. The van der Waals surface area contributed by atoms with Gasteiger partial charge in [0.25, 0.3) is 0 Å². The molecule has 0 saturated heterocycles. The lowest BCUT2D eigenvalue weighted by atomic mass is 10.0. The number of unbranched alkanes of at least 4 members (excludes halogenated alkanes) is 41. The van der Waals surface area contributed by atoms with Crippen LogP contribution in [0.25, 0.3) is 0 Å². The number of carbonyl (C=O) groups is 2. The molecule has 6 nitrogen and oxygen atoms in total. The molecule has 70 heavy (non-hydrogen) atoms. The second kappa shape index (κ2) is 59.6. The summed E-state index contributed by atoms with van der Waals surface area (Å²) in [6.45, 7) is 4.94. The van der Waals surface area contributed by atoms with Crippen molar-refractivity contribution in [3.05, 3.63) is 36.5 Å². The summed E-state index contributed by atoms with van der Waals surface area (Å²) >= 11 is 0. The Morgan fingerprint density at radius 2 is 0.714 bits per heavy atom. The van der Waals surface area contributed by atoms with E-state index >= 15 is 0 Å². The third kappa shape index (κ3) is 55.4. The maximum atomic E-state index is 12.5. The van der Waals surface area contributed by atoms with Crippen LogP contribution in [0.4, 0.5) is 0 Å². The van der Waals surface area contributed by atoms with Gasteiger partial charge in [0.05, 0.1) is 25.4 Å². The second-order valence-electron chi connectivity index (χ2n) is 21.4. The van der Waals surface area contributed by atoms with E-state index in [1.54, 1.807) is 0 Å². The van der Waals surface area contributed by atoms with Crippen LogP contribution < -0.4 is 5.32 Å². The van der Waals surface area contributed by atoms with Crippen LogP contribution in [0, 0.1) is 0 Å². The molecule has 0 heterocycles. The number of amides is 1. The van der Waals surface area contributed by atoms with E-state index in [4.69, 9.17) is 4.74 Å². The number of allylic oxidation sites excluding steroid dienone is 6. The number of nitrogens with one attached hydrogen (secondary N) is 1. The summed E-state index contributed by atoms with van der Waals surface area (Å²) in [6, 6.07) is -0.543.